The van der Waals surface area contributed by atoms with E-state index in [0.29, 0.717) is 21.6 Å². The lowest BCUT2D eigenvalue weighted by Crippen LogP contribution is -2.15. The van der Waals surface area contributed by atoms with E-state index in [1.807, 2.05) is 18.5 Å². The summed E-state index contributed by atoms with van der Waals surface area (Å²) < 4.78 is 1.83. The number of carbonyl (C=O) groups excluding carboxylic acids is 1. The number of aromatic nitrogens is 3. The minimum Gasteiger partial charge on any atom is -0.397 e. The summed E-state index contributed by atoms with van der Waals surface area (Å²) in [5.74, 6) is 0.842. The molecule has 2 aromatic rings. The summed E-state index contributed by atoms with van der Waals surface area (Å²) in [5.41, 5.74) is 6.75. The molecule has 0 bridgehead atoms. The van der Waals surface area contributed by atoms with Crippen molar-refractivity contribution in [2.45, 2.75) is 12.1 Å². The summed E-state index contributed by atoms with van der Waals surface area (Å²) in [4.78, 5) is 11.9. The predicted octanol–water partition coefficient (Wildman–Crippen LogP) is 2.09. The maximum atomic E-state index is 11.9. The van der Waals surface area contributed by atoms with Crippen LogP contribution in [0.5, 0.6) is 0 Å². The third kappa shape index (κ3) is 3.43. The number of halogens is 1. The normalized spacial score (nSPS) is 10.6. The van der Waals surface area contributed by atoms with Gasteiger partial charge in [0.15, 0.2) is 5.16 Å². The number of hydrogen-bond donors (Lipinski definition) is 2. The largest absolute Gasteiger partial charge is 0.397 e. The molecule has 0 radical (unpaired) electrons. The molecule has 3 N–H and O–H groups in total. The summed E-state index contributed by atoms with van der Waals surface area (Å²) in [6, 6.07) is 4.94. The maximum absolute atomic E-state index is 11.9. The molecule has 0 aliphatic carbocycles. The Labute approximate surface area is 125 Å². The average Bonchev–Trinajstić information content (AvgIpc) is 2.72. The maximum Gasteiger partial charge on any atom is 0.234 e. The third-order valence-corrected chi connectivity index (χ3v) is 3.93. The van der Waals surface area contributed by atoms with Gasteiger partial charge in [0.05, 0.1) is 17.1 Å². The van der Waals surface area contributed by atoms with Gasteiger partial charge < -0.3 is 15.6 Å². The van der Waals surface area contributed by atoms with Crippen LogP contribution in [0.1, 0.15) is 5.82 Å². The molecule has 1 aromatic carbocycles. The van der Waals surface area contributed by atoms with E-state index in [4.69, 9.17) is 17.3 Å². The van der Waals surface area contributed by atoms with Gasteiger partial charge in [0.25, 0.3) is 0 Å². The van der Waals surface area contributed by atoms with Crippen molar-refractivity contribution in [1.82, 2.24) is 14.8 Å². The van der Waals surface area contributed by atoms with Gasteiger partial charge in [-0.15, -0.1) is 10.2 Å². The zero-order chi connectivity index (χ0) is 14.7. The van der Waals surface area contributed by atoms with Crippen LogP contribution in [-0.4, -0.2) is 26.4 Å². The number of hydrogen-bond acceptors (Lipinski definition) is 5. The molecular weight excluding hydrogens is 298 g/mol. The van der Waals surface area contributed by atoms with E-state index in [-0.39, 0.29) is 11.7 Å². The minimum absolute atomic E-state index is 0.176. The van der Waals surface area contributed by atoms with Crippen molar-refractivity contribution < 1.29 is 4.79 Å². The lowest BCUT2D eigenvalue weighted by atomic mass is 10.2. The second kappa shape index (κ2) is 6.15. The van der Waals surface area contributed by atoms with Gasteiger partial charge in [-0.25, -0.2) is 0 Å². The molecule has 0 unspecified atom stereocenters. The van der Waals surface area contributed by atoms with Crippen LogP contribution in [0.15, 0.2) is 23.4 Å². The van der Waals surface area contributed by atoms with Gasteiger partial charge in [-0.2, -0.15) is 0 Å². The Bertz CT molecular complexity index is 643. The Balaban J connectivity index is 1.96. The molecule has 1 heterocycles. The van der Waals surface area contributed by atoms with Crippen LogP contribution in [0.25, 0.3) is 0 Å². The number of carbonyl (C=O) groups is 1. The second-order valence-electron chi connectivity index (χ2n) is 4.16. The van der Waals surface area contributed by atoms with Crippen molar-refractivity contribution in [2.75, 3.05) is 16.8 Å². The van der Waals surface area contributed by atoms with E-state index in [1.165, 1.54) is 11.8 Å². The summed E-state index contributed by atoms with van der Waals surface area (Å²) >= 11 is 7.17. The smallest absolute Gasteiger partial charge is 0.234 e. The molecule has 2 rings (SSSR count). The number of nitrogens with zero attached hydrogens (tertiary/aromatic N) is 3. The topological polar surface area (TPSA) is 85.8 Å². The fourth-order valence-electron chi connectivity index (χ4n) is 1.47. The van der Waals surface area contributed by atoms with Gasteiger partial charge in [-0.05, 0) is 25.1 Å². The predicted molar refractivity (Wildman–Crippen MR) is 81.0 cm³/mol. The summed E-state index contributed by atoms with van der Waals surface area (Å²) in [5, 5.41) is 11.8. The first-order valence-corrected chi connectivity index (χ1v) is 7.17. The quantitative estimate of drug-likeness (QED) is 0.667. The van der Waals surface area contributed by atoms with Gasteiger partial charge in [0, 0.05) is 12.1 Å². The van der Waals surface area contributed by atoms with Gasteiger partial charge in [0.2, 0.25) is 5.91 Å². The zero-order valence-electron chi connectivity index (χ0n) is 11.1. The van der Waals surface area contributed by atoms with E-state index < -0.39 is 0 Å². The molecule has 0 aliphatic heterocycles. The van der Waals surface area contributed by atoms with Crippen LogP contribution in [0.4, 0.5) is 11.4 Å². The van der Waals surface area contributed by atoms with Crippen LogP contribution < -0.4 is 11.1 Å². The van der Waals surface area contributed by atoms with Gasteiger partial charge in [-0.3, -0.25) is 4.79 Å². The highest BCUT2D eigenvalue weighted by Gasteiger charge is 2.10. The number of amides is 1. The fraction of sp³-hybridized carbons (Fsp3) is 0.250. The minimum atomic E-state index is -0.176. The fourth-order valence-corrected chi connectivity index (χ4v) is 2.40. The Kier molecular flexibility index (Phi) is 4.51. The monoisotopic (exact) mass is 311 g/mol. The Hall–Kier alpha value is -1.73. The molecule has 0 saturated carbocycles. The first-order chi connectivity index (χ1) is 9.47. The molecule has 0 saturated heterocycles. The van der Waals surface area contributed by atoms with E-state index in [0.717, 1.165) is 5.82 Å². The van der Waals surface area contributed by atoms with E-state index >= 15 is 0 Å². The van der Waals surface area contributed by atoms with Crippen molar-refractivity contribution in [2.24, 2.45) is 7.05 Å². The van der Waals surface area contributed by atoms with Crippen LogP contribution in [0.2, 0.25) is 5.02 Å². The molecule has 0 aliphatic rings. The Morgan fingerprint density at radius 1 is 1.50 bits per heavy atom. The molecule has 20 heavy (non-hydrogen) atoms. The van der Waals surface area contributed by atoms with Gasteiger partial charge in [0.1, 0.15) is 5.82 Å². The standard InChI is InChI=1S/C12H14ClN5OS/c1-7-16-17-12(18(7)2)20-6-11(19)15-10-5-8(13)3-4-9(10)14/h3-5H,6,14H2,1-2H3,(H,15,19). The Morgan fingerprint density at radius 3 is 2.90 bits per heavy atom. The molecule has 0 spiro atoms. The SMILES string of the molecule is Cc1nnc(SCC(=O)Nc2cc(Cl)ccc2N)n1C. The molecule has 6 nitrogen and oxygen atoms in total. The van der Waals surface area contributed by atoms with Crippen molar-refractivity contribution >= 4 is 40.6 Å². The van der Waals surface area contributed by atoms with E-state index in [2.05, 4.69) is 15.5 Å². The van der Waals surface area contributed by atoms with Gasteiger partial charge in [-0.1, -0.05) is 23.4 Å². The lowest BCUT2D eigenvalue weighted by Gasteiger charge is -2.08. The molecule has 1 aromatic heterocycles. The number of anilines is 2. The number of benzene rings is 1. The number of aryl methyl sites for hydroxylation is 1. The molecule has 1 amide bonds. The third-order valence-electron chi connectivity index (χ3n) is 2.67. The molecule has 8 heteroatoms. The van der Waals surface area contributed by atoms with Crippen molar-refractivity contribution in [3.05, 3.63) is 29.0 Å². The number of nitrogen functional groups attached to an aromatic ring is 1. The van der Waals surface area contributed by atoms with Crippen molar-refractivity contribution in [1.29, 1.82) is 0 Å². The number of thioether (sulfide) groups is 1. The van der Waals surface area contributed by atoms with Crippen LogP contribution >= 0.6 is 23.4 Å². The highest BCUT2D eigenvalue weighted by atomic mass is 35.5. The van der Waals surface area contributed by atoms with Crippen molar-refractivity contribution in [3.63, 3.8) is 0 Å². The van der Waals surface area contributed by atoms with E-state index in [9.17, 15) is 4.79 Å². The average molecular weight is 312 g/mol. The van der Waals surface area contributed by atoms with Crippen LogP contribution in [-0.2, 0) is 11.8 Å². The summed E-state index contributed by atoms with van der Waals surface area (Å²) in [6.45, 7) is 1.85. The highest BCUT2D eigenvalue weighted by molar-refractivity contribution is 7.99. The second-order valence-corrected chi connectivity index (χ2v) is 5.54. The lowest BCUT2D eigenvalue weighted by molar-refractivity contribution is -0.113. The van der Waals surface area contributed by atoms with Crippen LogP contribution in [0.3, 0.4) is 0 Å². The molecule has 106 valence electrons. The summed E-state index contributed by atoms with van der Waals surface area (Å²) in [6.07, 6.45) is 0. The molecule has 0 atom stereocenters. The molecular formula is C12H14ClN5OS. The molecule has 0 fully saturated rings. The zero-order valence-corrected chi connectivity index (χ0v) is 12.6. The number of rotatable bonds is 4. The number of nitrogens with one attached hydrogen (secondary N) is 1. The number of nitrogens with two attached hydrogens (primary N) is 1. The van der Waals surface area contributed by atoms with Gasteiger partial charge >= 0.3 is 0 Å². The first kappa shape index (κ1) is 14.7. The van der Waals surface area contributed by atoms with Crippen molar-refractivity contribution in [3.8, 4) is 0 Å². The Morgan fingerprint density at radius 2 is 2.25 bits per heavy atom. The van der Waals surface area contributed by atoms with Crippen LogP contribution in [0, 0.1) is 6.92 Å². The highest BCUT2D eigenvalue weighted by Crippen LogP contribution is 2.23. The summed E-state index contributed by atoms with van der Waals surface area (Å²) in [7, 11) is 1.85. The first-order valence-electron chi connectivity index (χ1n) is 5.81. The van der Waals surface area contributed by atoms with E-state index in [1.54, 1.807) is 18.2 Å².